The molecule has 1 N–H and O–H groups in total. The number of rotatable bonds is 4. The molecule has 18 heavy (non-hydrogen) atoms. The highest BCUT2D eigenvalue weighted by atomic mass is 79.9. The lowest BCUT2D eigenvalue weighted by Crippen LogP contribution is -2.19. The number of nitrogens with one attached hydrogen (secondary N) is 1. The van der Waals surface area contributed by atoms with Gasteiger partial charge in [0.25, 0.3) is 0 Å². The molecular weight excluding hydrogens is 313 g/mol. The van der Waals surface area contributed by atoms with Crippen LogP contribution < -0.4 is 5.32 Å². The number of thiophene rings is 1. The van der Waals surface area contributed by atoms with Gasteiger partial charge in [0.2, 0.25) is 0 Å². The zero-order valence-corrected chi connectivity index (χ0v) is 12.7. The normalized spacial score (nSPS) is 12.7. The molecule has 1 aromatic heterocycles. The van der Waals surface area contributed by atoms with Gasteiger partial charge >= 0.3 is 0 Å². The topological polar surface area (TPSA) is 12.0 Å². The lowest BCUT2D eigenvalue weighted by atomic mass is 9.98. The maximum atomic E-state index is 13.4. The predicted molar refractivity (Wildman–Crippen MR) is 78.7 cm³/mol. The van der Waals surface area contributed by atoms with Crippen LogP contribution in [0.1, 0.15) is 22.0 Å². The van der Waals surface area contributed by atoms with Crippen molar-refractivity contribution in [2.24, 2.45) is 0 Å². The number of likely N-dealkylation sites (N-methyl/N-ethyl adjacent to an activating group) is 1. The van der Waals surface area contributed by atoms with Crippen molar-refractivity contribution in [2.75, 3.05) is 7.05 Å². The average Bonchev–Trinajstić information content (AvgIpc) is 2.75. The number of benzene rings is 1. The van der Waals surface area contributed by atoms with E-state index in [2.05, 4.69) is 32.7 Å². The summed E-state index contributed by atoms with van der Waals surface area (Å²) in [5.41, 5.74) is 2.15. The van der Waals surface area contributed by atoms with E-state index >= 15 is 0 Å². The predicted octanol–water partition coefficient (Wildman–Crippen LogP) is 4.46. The van der Waals surface area contributed by atoms with Crippen LogP contribution in [0.25, 0.3) is 0 Å². The monoisotopic (exact) mass is 327 g/mol. The molecule has 4 heteroatoms. The van der Waals surface area contributed by atoms with Crippen LogP contribution in [0.2, 0.25) is 0 Å². The molecule has 0 spiro atoms. The highest BCUT2D eigenvalue weighted by Gasteiger charge is 2.14. The van der Waals surface area contributed by atoms with Gasteiger partial charge in [-0.25, -0.2) is 4.39 Å². The van der Waals surface area contributed by atoms with E-state index in [1.54, 1.807) is 17.4 Å². The van der Waals surface area contributed by atoms with E-state index in [4.69, 9.17) is 0 Å². The zero-order valence-electron chi connectivity index (χ0n) is 10.3. The summed E-state index contributed by atoms with van der Waals surface area (Å²) < 4.78 is 14.5. The largest absolute Gasteiger partial charge is 0.313 e. The molecule has 0 amide bonds. The van der Waals surface area contributed by atoms with E-state index in [-0.39, 0.29) is 11.9 Å². The second-order valence-electron chi connectivity index (χ2n) is 4.28. The van der Waals surface area contributed by atoms with E-state index in [9.17, 15) is 4.39 Å². The average molecular weight is 328 g/mol. The van der Waals surface area contributed by atoms with Gasteiger partial charge < -0.3 is 5.32 Å². The molecule has 1 nitrogen and oxygen atoms in total. The molecule has 1 unspecified atom stereocenters. The van der Waals surface area contributed by atoms with Gasteiger partial charge in [-0.3, -0.25) is 0 Å². The van der Waals surface area contributed by atoms with Crippen LogP contribution in [0.5, 0.6) is 0 Å². The lowest BCUT2D eigenvalue weighted by molar-refractivity contribution is 0.577. The van der Waals surface area contributed by atoms with E-state index < -0.39 is 0 Å². The highest BCUT2D eigenvalue weighted by molar-refractivity contribution is 9.10. The van der Waals surface area contributed by atoms with Crippen molar-refractivity contribution in [3.8, 4) is 0 Å². The van der Waals surface area contributed by atoms with Crippen LogP contribution in [-0.4, -0.2) is 7.05 Å². The van der Waals surface area contributed by atoms with Crippen LogP contribution in [0, 0.1) is 12.7 Å². The van der Waals surface area contributed by atoms with Crippen molar-refractivity contribution in [2.45, 2.75) is 19.4 Å². The summed E-state index contributed by atoms with van der Waals surface area (Å²) in [6.45, 7) is 2.02. The highest BCUT2D eigenvalue weighted by Crippen LogP contribution is 2.27. The van der Waals surface area contributed by atoms with Gasteiger partial charge in [-0.05, 0) is 59.2 Å². The third-order valence-corrected chi connectivity index (χ3v) is 4.71. The third kappa shape index (κ3) is 3.19. The molecule has 1 aromatic carbocycles. The number of hydrogen-bond acceptors (Lipinski definition) is 2. The Hall–Kier alpha value is -0.710. The molecule has 1 heterocycles. The molecule has 0 radical (unpaired) electrons. The van der Waals surface area contributed by atoms with Crippen LogP contribution in [0.4, 0.5) is 4.39 Å². The molecule has 2 aromatic rings. The van der Waals surface area contributed by atoms with Crippen molar-refractivity contribution in [1.82, 2.24) is 5.32 Å². The second kappa shape index (κ2) is 5.95. The lowest BCUT2D eigenvalue weighted by Gasteiger charge is -2.18. The SMILES string of the molecule is CNC(Cc1cc(Br)cs1)c1cc(F)ccc1C. The fraction of sp³-hybridized carbons (Fsp3) is 0.286. The second-order valence-corrected chi connectivity index (χ2v) is 6.19. The Labute approximate surface area is 119 Å². The Balaban J connectivity index is 2.25. The summed E-state index contributed by atoms with van der Waals surface area (Å²) >= 11 is 5.17. The summed E-state index contributed by atoms with van der Waals surface area (Å²) in [6, 6.07) is 7.22. The van der Waals surface area contributed by atoms with Crippen molar-refractivity contribution in [1.29, 1.82) is 0 Å². The third-order valence-electron chi connectivity index (χ3n) is 2.99. The molecule has 0 bridgehead atoms. The first-order valence-corrected chi connectivity index (χ1v) is 7.43. The maximum absolute atomic E-state index is 13.4. The molecule has 0 aliphatic rings. The first kappa shape index (κ1) is 13.7. The molecular formula is C14H15BrFNS. The van der Waals surface area contributed by atoms with Crippen molar-refractivity contribution in [3.63, 3.8) is 0 Å². The van der Waals surface area contributed by atoms with Gasteiger partial charge in [0.1, 0.15) is 5.82 Å². The molecule has 0 saturated heterocycles. The molecule has 1 atom stereocenters. The van der Waals surface area contributed by atoms with Gasteiger partial charge in [-0.2, -0.15) is 0 Å². The van der Waals surface area contributed by atoms with E-state index in [0.29, 0.717) is 0 Å². The van der Waals surface area contributed by atoms with Gasteiger partial charge in [0.05, 0.1) is 0 Å². The molecule has 0 saturated carbocycles. The number of hydrogen-bond donors (Lipinski definition) is 1. The van der Waals surface area contributed by atoms with E-state index in [1.165, 1.54) is 10.9 Å². The standard InChI is InChI=1S/C14H15BrFNS/c1-9-3-4-11(16)6-13(9)14(17-2)7-12-5-10(15)8-18-12/h3-6,8,14,17H,7H2,1-2H3. The first-order valence-electron chi connectivity index (χ1n) is 5.76. The summed E-state index contributed by atoms with van der Waals surface area (Å²) in [5.74, 6) is -0.178. The van der Waals surface area contributed by atoms with Crippen LogP contribution in [0.15, 0.2) is 34.1 Å². The van der Waals surface area contributed by atoms with Gasteiger partial charge in [-0.1, -0.05) is 6.07 Å². The van der Waals surface area contributed by atoms with Crippen LogP contribution in [-0.2, 0) is 6.42 Å². The first-order chi connectivity index (χ1) is 8.60. The molecule has 0 fully saturated rings. The van der Waals surface area contributed by atoms with Gasteiger partial charge in [0, 0.05) is 27.2 Å². The van der Waals surface area contributed by atoms with Gasteiger partial charge in [0.15, 0.2) is 0 Å². The summed E-state index contributed by atoms with van der Waals surface area (Å²) in [4.78, 5) is 1.28. The Bertz CT molecular complexity index is 538. The minimum absolute atomic E-state index is 0.145. The summed E-state index contributed by atoms with van der Waals surface area (Å²) in [6.07, 6.45) is 0.872. The Morgan fingerprint density at radius 1 is 1.39 bits per heavy atom. The minimum Gasteiger partial charge on any atom is -0.313 e. The quantitative estimate of drug-likeness (QED) is 0.874. The van der Waals surface area contributed by atoms with Crippen molar-refractivity contribution < 1.29 is 4.39 Å². The van der Waals surface area contributed by atoms with Crippen molar-refractivity contribution >= 4 is 27.3 Å². The van der Waals surface area contributed by atoms with Crippen molar-refractivity contribution in [3.05, 3.63) is 55.9 Å². The fourth-order valence-electron chi connectivity index (χ4n) is 2.02. The molecule has 2 rings (SSSR count). The minimum atomic E-state index is -0.178. The zero-order chi connectivity index (χ0) is 13.1. The number of halogens is 2. The molecule has 0 aliphatic heterocycles. The summed E-state index contributed by atoms with van der Waals surface area (Å²) in [7, 11) is 1.91. The smallest absolute Gasteiger partial charge is 0.123 e. The Morgan fingerprint density at radius 2 is 2.17 bits per heavy atom. The van der Waals surface area contributed by atoms with Crippen LogP contribution in [0.3, 0.4) is 0 Å². The summed E-state index contributed by atoms with van der Waals surface area (Å²) in [5, 5.41) is 5.34. The fourth-order valence-corrected chi connectivity index (χ4v) is 3.51. The van der Waals surface area contributed by atoms with Gasteiger partial charge in [-0.15, -0.1) is 11.3 Å². The number of aryl methyl sites for hydroxylation is 1. The Kier molecular flexibility index (Phi) is 4.54. The maximum Gasteiger partial charge on any atom is 0.123 e. The van der Waals surface area contributed by atoms with Crippen LogP contribution >= 0.6 is 27.3 Å². The van der Waals surface area contributed by atoms with E-state index in [0.717, 1.165) is 22.0 Å². The Morgan fingerprint density at radius 3 is 2.78 bits per heavy atom. The molecule has 0 aliphatic carbocycles. The molecule has 96 valence electrons. The van der Waals surface area contributed by atoms with E-state index in [1.807, 2.05) is 20.0 Å².